The zero-order valence-electron chi connectivity index (χ0n) is 24.7. The van der Waals surface area contributed by atoms with Crippen LogP contribution in [-0.4, -0.2) is 4.98 Å². The van der Waals surface area contributed by atoms with Crippen molar-refractivity contribution in [1.29, 1.82) is 0 Å². The molecule has 0 fully saturated rings. The molecule has 7 aromatic carbocycles. The third-order valence-electron chi connectivity index (χ3n) is 8.52. The number of benzene rings is 7. The summed E-state index contributed by atoms with van der Waals surface area (Å²) >= 11 is 0. The highest BCUT2D eigenvalue weighted by molar-refractivity contribution is 6.23. The Bertz CT molecular complexity index is 2180. The molecule has 8 rings (SSSR count). The second-order valence-electron chi connectivity index (χ2n) is 11.2. The SMILES string of the molecule is c1ccc(-c2ccc(N(c3ccccn3)c3c4ccccc4c(-c4ccccc4-c4ccccc4)c4ccccc34)cc2)cc1. The van der Waals surface area contributed by atoms with Gasteiger partial charge in [-0.15, -0.1) is 0 Å². The number of hydrogen-bond donors (Lipinski definition) is 0. The summed E-state index contributed by atoms with van der Waals surface area (Å²) in [5.74, 6) is 0.873. The molecule has 0 unspecified atom stereocenters. The molecular weight excluding hydrogens is 544 g/mol. The third-order valence-corrected chi connectivity index (χ3v) is 8.52. The van der Waals surface area contributed by atoms with Gasteiger partial charge in [0.25, 0.3) is 0 Å². The van der Waals surface area contributed by atoms with Crippen LogP contribution in [0.3, 0.4) is 0 Å². The smallest absolute Gasteiger partial charge is 0.137 e. The molecule has 45 heavy (non-hydrogen) atoms. The number of hydrogen-bond acceptors (Lipinski definition) is 2. The average Bonchev–Trinajstić information content (AvgIpc) is 3.13. The van der Waals surface area contributed by atoms with Gasteiger partial charge in [-0.3, -0.25) is 4.90 Å². The maximum atomic E-state index is 4.89. The minimum Gasteiger partial charge on any atom is -0.294 e. The first-order valence-corrected chi connectivity index (χ1v) is 15.3. The normalized spacial score (nSPS) is 11.1. The van der Waals surface area contributed by atoms with Crippen LogP contribution in [0.4, 0.5) is 17.2 Å². The lowest BCUT2D eigenvalue weighted by atomic mass is 9.86. The molecule has 0 radical (unpaired) electrons. The van der Waals surface area contributed by atoms with Gasteiger partial charge in [-0.2, -0.15) is 0 Å². The lowest BCUT2D eigenvalue weighted by molar-refractivity contribution is 1.19. The van der Waals surface area contributed by atoms with Crippen LogP contribution < -0.4 is 4.90 Å². The predicted molar refractivity (Wildman–Crippen MR) is 190 cm³/mol. The zero-order valence-corrected chi connectivity index (χ0v) is 24.7. The highest BCUT2D eigenvalue weighted by Crippen LogP contribution is 2.49. The monoisotopic (exact) mass is 574 g/mol. The Hall–Kier alpha value is -5.99. The minimum atomic E-state index is 0.873. The molecular formula is C43H30N2. The van der Waals surface area contributed by atoms with Gasteiger partial charge in [0.15, 0.2) is 0 Å². The Morgan fingerprint density at radius 1 is 0.356 bits per heavy atom. The predicted octanol–water partition coefficient (Wildman–Crippen LogP) is 11.9. The van der Waals surface area contributed by atoms with Gasteiger partial charge < -0.3 is 0 Å². The number of nitrogens with zero attached hydrogens (tertiary/aromatic N) is 2. The van der Waals surface area contributed by atoms with Crippen molar-refractivity contribution in [3.8, 4) is 33.4 Å². The molecule has 1 heterocycles. The van der Waals surface area contributed by atoms with Crippen LogP contribution in [0.2, 0.25) is 0 Å². The number of pyridine rings is 1. The summed E-state index contributed by atoms with van der Waals surface area (Å²) in [5, 5.41) is 4.76. The third kappa shape index (κ3) is 4.83. The van der Waals surface area contributed by atoms with E-state index in [4.69, 9.17) is 4.98 Å². The molecule has 0 amide bonds. The Morgan fingerprint density at radius 2 is 0.844 bits per heavy atom. The van der Waals surface area contributed by atoms with Crippen LogP contribution in [0.15, 0.2) is 182 Å². The van der Waals surface area contributed by atoms with E-state index < -0.39 is 0 Å². The van der Waals surface area contributed by atoms with Gasteiger partial charge >= 0.3 is 0 Å². The molecule has 0 saturated heterocycles. The summed E-state index contributed by atoms with van der Waals surface area (Å²) in [4.78, 5) is 7.20. The first kappa shape index (κ1) is 26.6. The summed E-state index contributed by atoms with van der Waals surface area (Å²) in [5.41, 5.74) is 9.45. The topological polar surface area (TPSA) is 16.1 Å². The van der Waals surface area contributed by atoms with Gasteiger partial charge in [-0.25, -0.2) is 4.98 Å². The van der Waals surface area contributed by atoms with Crippen molar-refractivity contribution in [2.24, 2.45) is 0 Å². The average molecular weight is 575 g/mol. The zero-order chi connectivity index (χ0) is 30.0. The number of anilines is 3. The first-order chi connectivity index (χ1) is 22.4. The van der Waals surface area contributed by atoms with Crippen LogP contribution in [0.1, 0.15) is 0 Å². The molecule has 2 nitrogen and oxygen atoms in total. The number of rotatable bonds is 6. The van der Waals surface area contributed by atoms with Crippen molar-refractivity contribution in [2.75, 3.05) is 4.90 Å². The maximum absolute atomic E-state index is 4.89. The van der Waals surface area contributed by atoms with Gasteiger partial charge in [0.1, 0.15) is 5.82 Å². The maximum Gasteiger partial charge on any atom is 0.137 e. The molecule has 0 atom stereocenters. The van der Waals surface area contributed by atoms with Crippen LogP contribution in [0, 0.1) is 0 Å². The molecule has 1 aromatic heterocycles. The Kier molecular flexibility index (Phi) is 6.86. The standard InChI is InChI=1S/C43H30N2/c1-3-15-31(16-4-1)32-26-28-34(29-27-32)45(41-25-13-14-30-44-41)43-39-23-11-9-21-37(39)42(38-22-10-12-24-40(38)43)36-20-8-7-19-35(36)33-17-5-2-6-18-33/h1-30H. The fourth-order valence-electron chi connectivity index (χ4n) is 6.50. The lowest BCUT2D eigenvalue weighted by Crippen LogP contribution is -2.13. The number of fused-ring (bicyclic) bond motifs is 2. The molecule has 212 valence electrons. The number of aromatic nitrogens is 1. The largest absolute Gasteiger partial charge is 0.294 e. The summed E-state index contributed by atoms with van der Waals surface area (Å²) in [6, 6.07) is 62.5. The van der Waals surface area contributed by atoms with E-state index in [9.17, 15) is 0 Å². The van der Waals surface area contributed by atoms with Gasteiger partial charge in [0, 0.05) is 22.7 Å². The molecule has 0 N–H and O–H groups in total. The Balaban J connectivity index is 1.42. The fraction of sp³-hybridized carbons (Fsp3) is 0. The van der Waals surface area contributed by atoms with E-state index >= 15 is 0 Å². The summed E-state index contributed by atoms with van der Waals surface area (Å²) in [6.07, 6.45) is 1.87. The molecule has 0 bridgehead atoms. The van der Waals surface area contributed by atoms with E-state index in [1.165, 1.54) is 54.9 Å². The summed E-state index contributed by atoms with van der Waals surface area (Å²) in [7, 11) is 0. The molecule has 0 aliphatic heterocycles. The van der Waals surface area contributed by atoms with Crippen LogP contribution in [-0.2, 0) is 0 Å². The quantitative estimate of drug-likeness (QED) is 0.184. The van der Waals surface area contributed by atoms with E-state index in [0.717, 1.165) is 17.2 Å². The molecule has 0 spiro atoms. The Labute approximate surface area is 263 Å². The van der Waals surface area contributed by atoms with Gasteiger partial charge in [-0.1, -0.05) is 152 Å². The lowest BCUT2D eigenvalue weighted by Gasteiger charge is -2.29. The fourth-order valence-corrected chi connectivity index (χ4v) is 6.50. The van der Waals surface area contributed by atoms with E-state index in [1.807, 2.05) is 12.3 Å². The van der Waals surface area contributed by atoms with Crippen molar-refractivity contribution in [3.63, 3.8) is 0 Å². The van der Waals surface area contributed by atoms with Crippen LogP contribution in [0.5, 0.6) is 0 Å². The van der Waals surface area contributed by atoms with E-state index in [-0.39, 0.29) is 0 Å². The van der Waals surface area contributed by atoms with E-state index in [0.29, 0.717) is 0 Å². The van der Waals surface area contributed by atoms with E-state index in [1.54, 1.807) is 0 Å². The summed E-state index contributed by atoms with van der Waals surface area (Å²) in [6.45, 7) is 0. The van der Waals surface area contributed by atoms with Crippen molar-refractivity contribution < 1.29 is 0 Å². The highest BCUT2D eigenvalue weighted by Gasteiger charge is 2.23. The summed E-state index contributed by atoms with van der Waals surface area (Å²) < 4.78 is 0. The van der Waals surface area contributed by atoms with Crippen molar-refractivity contribution in [3.05, 3.63) is 182 Å². The van der Waals surface area contributed by atoms with Crippen molar-refractivity contribution in [1.82, 2.24) is 4.98 Å². The molecule has 0 aliphatic carbocycles. The van der Waals surface area contributed by atoms with Gasteiger partial charge in [0.05, 0.1) is 5.69 Å². The second kappa shape index (κ2) is 11.6. The van der Waals surface area contributed by atoms with Crippen LogP contribution >= 0.6 is 0 Å². The molecule has 2 heteroatoms. The molecule has 0 saturated carbocycles. The van der Waals surface area contributed by atoms with E-state index in [2.05, 4.69) is 175 Å². The first-order valence-electron chi connectivity index (χ1n) is 15.3. The second-order valence-corrected chi connectivity index (χ2v) is 11.2. The van der Waals surface area contributed by atoms with Gasteiger partial charge in [-0.05, 0) is 68.4 Å². The van der Waals surface area contributed by atoms with Crippen LogP contribution in [0.25, 0.3) is 54.9 Å². The Morgan fingerprint density at radius 3 is 1.44 bits per heavy atom. The highest BCUT2D eigenvalue weighted by atomic mass is 15.2. The molecule has 0 aliphatic rings. The van der Waals surface area contributed by atoms with Crippen molar-refractivity contribution >= 4 is 38.7 Å². The van der Waals surface area contributed by atoms with Gasteiger partial charge in [0.2, 0.25) is 0 Å². The van der Waals surface area contributed by atoms with Crippen molar-refractivity contribution in [2.45, 2.75) is 0 Å². The minimum absolute atomic E-state index is 0.873. The molecule has 8 aromatic rings.